The van der Waals surface area contributed by atoms with E-state index in [1.165, 1.54) is 0 Å². The van der Waals surface area contributed by atoms with Crippen LogP contribution in [0.15, 0.2) is 24.3 Å². The van der Waals surface area contributed by atoms with Gasteiger partial charge in [0.1, 0.15) is 0 Å². The van der Waals surface area contributed by atoms with Crippen LogP contribution in [0.1, 0.15) is 25.5 Å². The van der Waals surface area contributed by atoms with E-state index in [0.29, 0.717) is 5.92 Å². The van der Waals surface area contributed by atoms with Crippen molar-refractivity contribution >= 4 is 22.3 Å². The van der Waals surface area contributed by atoms with Crippen molar-refractivity contribution in [1.82, 2.24) is 4.98 Å². The number of hydrogen-bond donors (Lipinski definition) is 2. The number of anilines is 2. The number of hydrogen-bond acceptors (Lipinski definition) is 4. The predicted molar refractivity (Wildman–Crippen MR) is 78.0 cm³/mol. The van der Waals surface area contributed by atoms with Crippen LogP contribution in [0.25, 0.3) is 10.9 Å². The number of pyridine rings is 1. The van der Waals surface area contributed by atoms with Crippen LogP contribution in [-0.4, -0.2) is 19.1 Å². The lowest BCUT2D eigenvalue weighted by atomic mass is 10.1. The minimum atomic E-state index is 0.384. The summed E-state index contributed by atoms with van der Waals surface area (Å²) in [5.41, 5.74) is 6.85. The summed E-state index contributed by atoms with van der Waals surface area (Å²) < 4.78 is 0. The second-order valence-electron chi connectivity index (χ2n) is 4.99. The number of nitrogens with two attached hydrogens (primary N) is 1. The lowest BCUT2D eigenvalue weighted by molar-refractivity contribution is 0.830. The van der Waals surface area contributed by atoms with E-state index in [1.54, 1.807) is 0 Å². The quantitative estimate of drug-likeness (QED) is 0.644. The van der Waals surface area contributed by atoms with E-state index >= 15 is 0 Å². The molecular weight excluding hydrogens is 224 g/mol. The molecule has 0 aliphatic heterocycles. The summed E-state index contributed by atoms with van der Waals surface area (Å²) in [5.74, 6) is 6.00. The van der Waals surface area contributed by atoms with Crippen molar-refractivity contribution in [1.29, 1.82) is 0 Å². The maximum atomic E-state index is 5.62. The van der Waals surface area contributed by atoms with Crippen LogP contribution in [0.4, 0.5) is 11.4 Å². The van der Waals surface area contributed by atoms with Gasteiger partial charge in [-0.3, -0.25) is 10.8 Å². The van der Waals surface area contributed by atoms with E-state index in [-0.39, 0.29) is 0 Å². The van der Waals surface area contributed by atoms with Crippen LogP contribution in [0.2, 0.25) is 0 Å². The van der Waals surface area contributed by atoms with Crippen LogP contribution >= 0.6 is 0 Å². The van der Waals surface area contributed by atoms with Gasteiger partial charge < -0.3 is 10.3 Å². The predicted octanol–water partition coefficient (Wildman–Crippen LogP) is 2.71. The fourth-order valence-corrected chi connectivity index (χ4v) is 1.93. The maximum Gasteiger partial charge on any atom is 0.0728 e. The molecule has 0 saturated carbocycles. The third-order valence-electron chi connectivity index (χ3n) is 3.08. The summed E-state index contributed by atoms with van der Waals surface area (Å²) in [6.45, 7) is 4.26. The molecule has 4 heteroatoms. The van der Waals surface area contributed by atoms with E-state index in [9.17, 15) is 0 Å². The van der Waals surface area contributed by atoms with Gasteiger partial charge in [0.25, 0.3) is 0 Å². The number of rotatable bonds is 3. The molecule has 0 unspecified atom stereocenters. The minimum absolute atomic E-state index is 0.384. The molecular formula is C14H20N4. The molecule has 4 nitrogen and oxygen atoms in total. The lowest BCUT2D eigenvalue weighted by Gasteiger charge is -2.16. The van der Waals surface area contributed by atoms with Crippen LogP contribution in [0.5, 0.6) is 0 Å². The van der Waals surface area contributed by atoms with Gasteiger partial charge in [0.2, 0.25) is 0 Å². The number of nitrogens with one attached hydrogen (secondary N) is 1. The van der Waals surface area contributed by atoms with Crippen LogP contribution in [0, 0.1) is 0 Å². The van der Waals surface area contributed by atoms with Gasteiger partial charge in [-0.1, -0.05) is 13.8 Å². The first kappa shape index (κ1) is 12.6. The first-order valence-electron chi connectivity index (χ1n) is 6.11. The highest BCUT2D eigenvalue weighted by Gasteiger charge is 2.09. The Morgan fingerprint density at radius 1 is 1.22 bits per heavy atom. The van der Waals surface area contributed by atoms with Crippen molar-refractivity contribution in [3.05, 3.63) is 30.0 Å². The second kappa shape index (κ2) is 4.82. The van der Waals surface area contributed by atoms with Crippen LogP contribution < -0.4 is 16.2 Å². The molecule has 0 atom stereocenters. The van der Waals surface area contributed by atoms with Gasteiger partial charge >= 0.3 is 0 Å². The SMILES string of the molecule is CC(C)c1cc(NN)c2cc(N(C)C)ccc2n1. The number of benzene rings is 1. The highest BCUT2D eigenvalue weighted by Crippen LogP contribution is 2.28. The van der Waals surface area contributed by atoms with Gasteiger partial charge in [0, 0.05) is 30.9 Å². The summed E-state index contributed by atoms with van der Waals surface area (Å²) >= 11 is 0. The average Bonchev–Trinajstić information content (AvgIpc) is 2.36. The number of fused-ring (bicyclic) bond motifs is 1. The van der Waals surface area contributed by atoms with Gasteiger partial charge in [0.05, 0.1) is 11.2 Å². The molecule has 0 fully saturated rings. The number of aromatic nitrogens is 1. The molecule has 2 rings (SSSR count). The highest BCUT2D eigenvalue weighted by molar-refractivity contribution is 5.93. The van der Waals surface area contributed by atoms with Gasteiger partial charge in [-0.15, -0.1) is 0 Å². The fraction of sp³-hybridized carbons (Fsp3) is 0.357. The summed E-state index contributed by atoms with van der Waals surface area (Å²) in [4.78, 5) is 6.74. The van der Waals surface area contributed by atoms with E-state index in [4.69, 9.17) is 5.84 Å². The maximum absolute atomic E-state index is 5.62. The van der Waals surface area contributed by atoms with Crippen molar-refractivity contribution in [3.63, 3.8) is 0 Å². The largest absolute Gasteiger partial charge is 0.378 e. The zero-order valence-electron chi connectivity index (χ0n) is 11.4. The molecule has 18 heavy (non-hydrogen) atoms. The zero-order valence-corrected chi connectivity index (χ0v) is 11.4. The van der Waals surface area contributed by atoms with Crippen molar-refractivity contribution in [2.75, 3.05) is 24.4 Å². The Hall–Kier alpha value is -1.81. The zero-order chi connectivity index (χ0) is 13.3. The first-order valence-corrected chi connectivity index (χ1v) is 6.11. The summed E-state index contributed by atoms with van der Waals surface area (Å²) in [5, 5.41) is 1.05. The first-order chi connectivity index (χ1) is 8.52. The summed E-state index contributed by atoms with van der Waals surface area (Å²) in [7, 11) is 4.04. The van der Waals surface area contributed by atoms with Crippen LogP contribution in [0.3, 0.4) is 0 Å². The third kappa shape index (κ3) is 2.24. The number of hydrazine groups is 1. The standard InChI is InChI=1S/C14H20N4/c1-9(2)13-8-14(17-15)11-7-10(18(3)4)5-6-12(11)16-13/h5-9H,15H2,1-4H3,(H,16,17). The molecule has 3 N–H and O–H groups in total. The van der Waals surface area contributed by atoms with E-state index in [1.807, 2.05) is 26.2 Å². The molecule has 1 heterocycles. The fourth-order valence-electron chi connectivity index (χ4n) is 1.93. The van der Waals surface area contributed by atoms with Crippen molar-refractivity contribution in [3.8, 4) is 0 Å². The highest BCUT2D eigenvalue weighted by atomic mass is 15.2. The van der Waals surface area contributed by atoms with Gasteiger partial charge in [-0.25, -0.2) is 0 Å². The number of nitrogen functional groups attached to an aromatic ring is 1. The molecule has 1 aromatic carbocycles. The monoisotopic (exact) mass is 244 g/mol. The molecule has 96 valence electrons. The molecule has 0 radical (unpaired) electrons. The van der Waals surface area contributed by atoms with E-state index in [0.717, 1.165) is 28.0 Å². The van der Waals surface area contributed by atoms with E-state index in [2.05, 4.69) is 41.3 Å². The Balaban J connectivity index is 2.67. The van der Waals surface area contributed by atoms with Crippen molar-refractivity contribution in [2.24, 2.45) is 5.84 Å². The second-order valence-corrected chi connectivity index (χ2v) is 4.99. The Labute approximate surface area is 108 Å². The van der Waals surface area contributed by atoms with E-state index < -0.39 is 0 Å². The van der Waals surface area contributed by atoms with Crippen molar-refractivity contribution < 1.29 is 0 Å². The van der Waals surface area contributed by atoms with Gasteiger partial charge in [0.15, 0.2) is 0 Å². The molecule has 0 saturated heterocycles. The normalized spacial score (nSPS) is 11.0. The molecule has 0 spiro atoms. The lowest BCUT2D eigenvalue weighted by Crippen LogP contribution is -2.11. The van der Waals surface area contributed by atoms with Crippen LogP contribution in [-0.2, 0) is 0 Å². The van der Waals surface area contributed by atoms with Gasteiger partial charge in [-0.2, -0.15) is 0 Å². The van der Waals surface area contributed by atoms with Crippen molar-refractivity contribution in [2.45, 2.75) is 19.8 Å². The average molecular weight is 244 g/mol. The molecule has 0 aliphatic carbocycles. The Kier molecular flexibility index (Phi) is 3.39. The molecule has 0 aliphatic rings. The Morgan fingerprint density at radius 3 is 2.50 bits per heavy atom. The molecule has 1 aromatic heterocycles. The Morgan fingerprint density at radius 2 is 1.94 bits per heavy atom. The third-order valence-corrected chi connectivity index (χ3v) is 3.08. The molecule has 2 aromatic rings. The Bertz CT molecular complexity index is 561. The molecule has 0 bridgehead atoms. The summed E-state index contributed by atoms with van der Waals surface area (Å²) in [6.07, 6.45) is 0. The summed E-state index contributed by atoms with van der Waals surface area (Å²) in [6, 6.07) is 8.23. The minimum Gasteiger partial charge on any atom is -0.378 e. The smallest absolute Gasteiger partial charge is 0.0728 e. The topological polar surface area (TPSA) is 54.2 Å². The molecule has 0 amide bonds. The van der Waals surface area contributed by atoms with Gasteiger partial charge in [-0.05, 0) is 30.2 Å². The number of nitrogens with zero attached hydrogens (tertiary/aromatic N) is 2.